The highest BCUT2D eigenvalue weighted by Crippen LogP contribution is 2.24. The third-order valence-corrected chi connectivity index (χ3v) is 3.01. The lowest BCUT2D eigenvalue weighted by molar-refractivity contribution is 0.102. The molecule has 0 saturated heterocycles. The number of hydrogen-bond donors (Lipinski definition) is 2. The van der Waals surface area contributed by atoms with E-state index in [0.717, 1.165) is 10.1 Å². The van der Waals surface area contributed by atoms with Crippen molar-refractivity contribution in [2.24, 2.45) is 5.73 Å². The Kier molecular flexibility index (Phi) is 4.87. The fourth-order valence-electron chi connectivity index (χ4n) is 2.05. The van der Waals surface area contributed by atoms with E-state index in [4.69, 9.17) is 10.5 Å². The standard InChI is InChI=1S/C14H17N5O5/c1-4-23-14(22)19(24-11(15)20)12-17-9-6-5-8(2)7-10(9)18(12)13(21)16-3/h5-7H,4H2,1-3H3,(H2,15,20)(H,16,21). The van der Waals surface area contributed by atoms with Crippen LogP contribution >= 0.6 is 0 Å². The Balaban J connectivity index is 2.68. The molecule has 0 aliphatic heterocycles. The first kappa shape index (κ1) is 17.1. The molecule has 1 aromatic carbocycles. The molecule has 0 saturated carbocycles. The van der Waals surface area contributed by atoms with Crippen LogP contribution < -0.4 is 16.1 Å². The molecule has 0 aliphatic carbocycles. The van der Waals surface area contributed by atoms with Crippen molar-refractivity contribution in [3.8, 4) is 0 Å². The molecule has 24 heavy (non-hydrogen) atoms. The van der Waals surface area contributed by atoms with Crippen LogP contribution in [-0.4, -0.2) is 41.4 Å². The summed E-state index contributed by atoms with van der Waals surface area (Å²) in [5.41, 5.74) is 6.71. The van der Waals surface area contributed by atoms with E-state index in [0.29, 0.717) is 16.1 Å². The second-order valence-corrected chi connectivity index (χ2v) is 4.70. The lowest BCUT2D eigenvalue weighted by Crippen LogP contribution is -2.39. The maximum absolute atomic E-state index is 12.3. The van der Waals surface area contributed by atoms with Gasteiger partial charge in [0.25, 0.3) is 5.95 Å². The maximum atomic E-state index is 12.3. The molecule has 1 aromatic heterocycles. The number of aryl methyl sites for hydroxylation is 1. The SMILES string of the molecule is CCOC(=O)N(OC(N)=O)c1nc2ccc(C)cc2n1C(=O)NC. The summed E-state index contributed by atoms with van der Waals surface area (Å²) in [6.07, 6.45) is -2.29. The average Bonchev–Trinajstić information content (AvgIpc) is 2.90. The number of anilines is 1. The molecular weight excluding hydrogens is 318 g/mol. The summed E-state index contributed by atoms with van der Waals surface area (Å²) in [5.74, 6) is -0.257. The van der Waals surface area contributed by atoms with Gasteiger partial charge in [0.05, 0.1) is 17.6 Å². The number of hydrogen-bond acceptors (Lipinski definition) is 6. The summed E-state index contributed by atoms with van der Waals surface area (Å²) >= 11 is 0. The summed E-state index contributed by atoms with van der Waals surface area (Å²) < 4.78 is 5.90. The van der Waals surface area contributed by atoms with Gasteiger partial charge in [-0.3, -0.25) is 0 Å². The maximum Gasteiger partial charge on any atom is 0.451 e. The van der Waals surface area contributed by atoms with Crippen LogP contribution in [0.5, 0.6) is 0 Å². The van der Waals surface area contributed by atoms with E-state index in [-0.39, 0.29) is 12.6 Å². The number of nitrogens with one attached hydrogen (secondary N) is 1. The first-order chi connectivity index (χ1) is 11.4. The van der Waals surface area contributed by atoms with Crippen LogP contribution in [0, 0.1) is 6.92 Å². The van der Waals surface area contributed by atoms with Crippen molar-refractivity contribution in [3.05, 3.63) is 23.8 Å². The van der Waals surface area contributed by atoms with Gasteiger partial charge in [-0.2, -0.15) is 0 Å². The van der Waals surface area contributed by atoms with Crippen molar-refractivity contribution in [2.75, 3.05) is 18.7 Å². The number of fused-ring (bicyclic) bond motifs is 1. The second-order valence-electron chi connectivity index (χ2n) is 4.70. The summed E-state index contributed by atoms with van der Waals surface area (Å²) in [6, 6.07) is 4.58. The first-order valence-corrected chi connectivity index (χ1v) is 7.04. The van der Waals surface area contributed by atoms with Gasteiger partial charge in [-0.15, -0.1) is 0 Å². The molecule has 0 unspecified atom stereocenters. The third-order valence-electron chi connectivity index (χ3n) is 3.01. The monoisotopic (exact) mass is 335 g/mol. The number of ether oxygens (including phenoxy) is 1. The van der Waals surface area contributed by atoms with E-state index in [1.165, 1.54) is 7.05 Å². The third kappa shape index (κ3) is 3.21. The molecule has 0 aliphatic rings. The van der Waals surface area contributed by atoms with Crippen LogP contribution in [0.4, 0.5) is 20.3 Å². The number of imidazole rings is 1. The van der Waals surface area contributed by atoms with E-state index in [9.17, 15) is 14.4 Å². The quantitative estimate of drug-likeness (QED) is 0.800. The van der Waals surface area contributed by atoms with Gasteiger partial charge in [-0.1, -0.05) is 11.1 Å². The Morgan fingerprint density at radius 1 is 1.38 bits per heavy atom. The van der Waals surface area contributed by atoms with Gasteiger partial charge in [-0.05, 0) is 31.5 Å². The number of carbonyl (C=O) groups excluding carboxylic acids is 3. The Labute approximate surface area is 137 Å². The molecule has 10 nitrogen and oxygen atoms in total. The van der Waals surface area contributed by atoms with Crippen molar-refractivity contribution in [3.63, 3.8) is 0 Å². The summed E-state index contributed by atoms with van der Waals surface area (Å²) in [5, 5.41) is 2.87. The topological polar surface area (TPSA) is 129 Å². The molecule has 0 radical (unpaired) electrons. The highest BCUT2D eigenvalue weighted by Gasteiger charge is 2.30. The second kappa shape index (κ2) is 6.86. The fourth-order valence-corrected chi connectivity index (χ4v) is 2.05. The summed E-state index contributed by atoms with van der Waals surface area (Å²) in [4.78, 5) is 44.3. The van der Waals surface area contributed by atoms with E-state index in [1.54, 1.807) is 25.1 Å². The predicted octanol–water partition coefficient (Wildman–Crippen LogP) is 1.51. The van der Waals surface area contributed by atoms with Crippen LogP contribution in [-0.2, 0) is 9.57 Å². The molecule has 3 N–H and O–H groups in total. The van der Waals surface area contributed by atoms with E-state index in [2.05, 4.69) is 15.1 Å². The molecular formula is C14H17N5O5. The zero-order valence-electron chi connectivity index (χ0n) is 13.4. The van der Waals surface area contributed by atoms with Gasteiger partial charge in [0.1, 0.15) is 0 Å². The number of nitrogens with zero attached hydrogens (tertiary/aromatic N) is 3. The van der Waals surface area contributed by atoms with Crippen molar-refractivity contribution in [1.29, 1.82) is 0 Å². The van der Waals surface area contributed by atoms with Gasteiger partial charge in [0, 0.05) is 7.05 Å². The van der Waals surface area contributed by atoms with Crippen LogP contribution in [0.1, 0.15) is 12.5 Å². The minimum Gasteiger partial charge on any atom is -0.447 e. The molecule has 2 rings (SSSR count). The molecule has 2 aromatic rings. The van der Waals surface area contributed by atoms with E-state index in [1.807, 2.05) is 6.92 Å². The number of primary amides is 1. The normalized spacial score (nSPS) is 10.3. The van der Waals surface area contributed by atoms with Crippen LogP contribution in [0.3, 0.4) is 0 Å². The number of rotatable bonds is 2. The summed E-state index contributed by atoms with van der Waals surface area (Å²) in [6.45, 7) is 3.44. The van der Waals surface area contributed by atoms with Crippen LogP contribution in [0.15, 0.2) is 18.2 Å². The smallest absolute Gasteiger partial charge is 0.447 e. The zero-order valence-corrected chi connectivity index (χ0v) is 13.4. The molecule has 3 amide bonds. The van der Waals surface area contributed by atoms with Crippen molar-refractivity contribution < 1.29 is 24.0 Å². The Morgan fingerprint density at radius 3 is 2.67 bits per heavy atom. The number of carbonyl (C=O) groups is 3. The number of amides is 3. The number of nitrogens with two attached hydrogens (primary N) is 1. The predicted molar refractivity (Wildman–Crippen MR) is 84.5 cm³/mol. The molecule has 0 bridgehead atoms. The fraction of sp³-hybridized carbons (Fsp3) is 0.286. The Morgan fingerprint density at radius 2 is 2.08 bits per heavy atom. The number of hydroxylamine groups is 1. The Bertz CT molecular complexity index is 800. The van der Waals surface area contributed by atoms with Gasteiger partial charge in [0.2, 0.25) is 0 Å². The van der Waals surface area contributed by atoms with Gasteiger partial charge in [0.15, 0.2) is 0 Å². The van der Waals surface area contributed by atoms with E-state index >= 15 is 0 Å². The minimum atomic E-state index is -1.25. The number of aromatic nitrogens is 2. The zero-order chi connectivity index (χ0) is 17.9. The van der Waals surface area contributed by atoms with Crippen LogP contribution in [0.2, 0.25) is 0 Å². The summed E-state index contributed by atoms with van der Waals surface area (Å²) in [7, 11) is 1.41. The van der Waals surface area contributed by atoms with Crippen molar-refractivity contribution >= 4 is 35.2 Å². The highest BCUT2D eigenvalue weighted by molar-refractivity contribution is 5.97. The van der Waals surface area contributed by atoms with Gasteiger partial charge < -0.3 is 20.6 Å². The molecule has 1 heterocycles. The lowest BCUT2D eigenvalue weighted by Gasteiger charge is -2.18. The Hall–Kier alpha value is -3.30. The van der Waals surface area contributed by atoms with Crippen molar-refractivity contribution in [1.82, 2.24) is 14.9 Å². The molecule has 128 valence electrons. The highest BCUT2D eigenvalue weighted by atomic mass is 16.8. The largest absolute Gasteiger partial charge is 0.451 e. The molecule has 10 heteroatoms. The number of benzene rings is 1. The molecule has 0 atom stereocenters. The lowest BCUT2D eigenvalue weighted by atomic mass is 10.2. The molecule has 0 fully saturated rings. The van der Waals surface area contributed by atoms with E-state index < -0.39 is 18.2 Å². The van der Waals surface area contributed by atoms with Gasteiger partial charge >= 0.3 is 18.2 Å². The average molecular weight is 335 g/mol. The molecule has 0 spiro atoms. The first-order valence-electron chi connectivity index (χ1n) is 7.04. The van der Waals surface area contributed by atoms with Gasteiger partial charge in [-0.25, -0.2) is 23.9 Å². The minimum absolute atomic E-state index is 0.0246. The van der Waals surface area contributed by atoms with Crippen LogP contribution in [0.25, 0.3) is 11.0 Å². The van der Waals surface area contributed by atoms with Crippen molar-refractivity contribution in [2.45, 2.75) is 13.8 Å².